The molecule has 0 heterocycles. The first-order valence-electron chi connectivity index (χ1n) is 8.82. The highest BCUT2D eigenvalue weighted by Crippen LogP contribution is 2.25. The lowest BCUT2D eigenvalue weighted by Crippen LogP contribution is -2.18. The van der Waals surface area contributed by atoms with Gasteiger partial charge in [0.15, 0.2) is 0 Å². The van der Waals surface area contributed by atoms with Crippen LogP contribution >= 0.6 is 0 Å². The van der Waals surface area contributed by atoms with Crippen LogP contribution in [0.2, 0.25) is 0 Å². The summed E-state index contributed by atoms with van der Waals surface area (Å²) in [5.74, 6) is 2.15. The van der Waals surface area contributed by atoms with E-state index < -0.39 is 0 Å². The van der Waals surface area contributed by atoms with E-state index in [1.807, 2.05) is 6.07 Å². The first kappa shape index (κ1) is 19.5. The Morgan fingerprint density at radius 2 is 1.70 bits per heavy atom. The molecule has 3 unspecified atom stereocenters. The number of hydrogen-bond acceptors (Lipinski definition) is 3. The Balaban J connectivity index is 2.37. The van der Waals surface area contributed by atoms with Crippen LogP contribution in [0.3, 0.4) is 0 Å². The first-order chi connectivity index (χ1) is 10.8. The summed E-state index contributed by atoms with van der Waals surface area (Å²) in [6, 6.07) is 7.04. The van der Waals surface area contributed by atoms with E-state index >= 15 is 0 Å². The van der Waals surface area contributed by atoms with Gasteiger partial charge >= 0.3 is 5.97 Å². The molecular formula is C20H33NO2. The van der Waals surface area contributed by atoms with Gasteiger partial charge in [-0.1, -0.05) is 59.6 Å². The van der Waals surface area contributed by atoms with Crippen molar-refractivity contribution in [2.75, 3.05) is 12.3 Å². The van der Waals surface area contributed by atoms with Crippen LogP contribution in [0.5, 0.6) is 0 Å². The molecule has 0 bridgehead atoms. The predicted octanol–water partition coefficient (Wildman–Crippen LogP) is 5.16. The van der Waals surface area contributed by atoms with Gasteiger partial charge < -0.3 is 10.5 Å². The normalized spacial score (nSPS) is 15.2. The lowest BCUT2D eigenvalue weighted by Gasteiger charge is -2.24. The summed E-state index contributed by atoms with van der Waals surface area (Å²) in [6.07, 6.45) is 3.63. The molecule has 0 radical (unpaired) electrons. The van der Waals surface area contributed by atoms with Crippen LogP contribution in [0.4, 0.5) is 5.69 Å². The maximum absolute atomic E-state index is 12.1. The van der Waals surface area contributed by atoms with E-state index in [0.29, 0.717) is 35.6 Å². The molecule has 23 heavy (non-hydrogen) atoms. The van der Waals surface area contributed by atoms with Crippen LogP contribution in [0.1, 0.15) is 64.2 Å². The molecule has 1 rings (SSSR count). The zero-order valence-corrected chi connectivity index (χ0v) is 15.3. The minimum Gasteiger partial charge on any atom is -0.462 e. The summed E-state index contributed by atoms with van der Waals surface area (Å²) in [7, 11) is 0. The molecular weight excluding hydrogens is 286 g/mol. The average Bonchev–Trinajstić information content (AvgIpc) is 2.50. The van der Waals surface area contributed by atoms with Gasteiger partial charge in [0, 0.05) is 5.69 Å². The van der Waals surface area contributed by atoms with Crippen molar-refractivity contribution in [3.05, 3.63) is 29.8 Å². The minimum absolute atomic E-state index is 0.324. The number of rotatable bonds is 9. The number of benzene rings is 1. The molecule has 3 atom stereocenters. The topological polar surface area (TPSA) is 52.3 Å². The fourth-order valence-corrected chi connectivity index (χ4v) is 2.79. The average molecular weight is 319 g/mol. The maximum Gasteiger partial charge on any atom is 0.340 e. The molecule has 0 saturated carbocycles. The van der Waals surface area contributed by atoms with E-state index in [0.717, 1.165) is 12.3 Å². The van der Waals surface area contributed by atoms with E-state index in [1.165, 1.54) is 12.8 Å². The van der Waals surface area contributed by atoms with Crippen molar-refractivity contribution in [2.24, 2.45) is 23.7 Å². The van der Waals surface area contributed by atoms with Gasteiger partial charge in [0.1, 0.15) is 0 Å². The Kier molecular flexibility index (Phi) is 8.15. The predicted molar refractivity (Wildman–Crippen MR) is 97.3 cm³/mol. The van der Waals surface area contributed by atoms with Crippen LogP contribution < -0.4 is 5.73 Å². The van der Waals surface area contributed by atoms with Crippen molar-refractivity contribution < 1.29 is 9.53 Å². The fourth-order valence-electron chi connectivity index (χ4n) is 2.79. The number of carbonyl (C=O) groups is 1. The van der Waals surface area contributed by atoms with Gasteiger partial charge in [-0.3, -0.25) is 0 Å². The number of carbonyl (C=O) groups excluding carboxylic acids is 1. The summed E-state index contributed by atoms with van der Waals surface area (Å²) >= 11 is 0. The van der Waals surface area contributed by atoms with Crippen molar-refractivity contribution in [1.29, 1.82) is 0 Å². The maximum atomic E-state index is 12.1. The van der Waals surface area contributed by atoms with Crippen LogP contribution in [-0.4, -0.2) is 12.6 Å². The molecule has 1 aromatic carbocycles. The second-order valence-corrected chi connectivity index (χ2v) is 7.45. The van der Waals surface area contributed by atoms with Crippen LogP contribution in [0.25, 0.3) is 0 Å². The summed E-state index contributed by atoms with van der Waals surface area (Å²) < 4.78 is 5.43. The van der Waals surface area contributed by atoms with Crippen molar-refractivity contribution in [3.63, 3.8) is 0 Å². The van der Waals surface area contributed by atoms with Crippen LogP contribution in [-0.2, 0) is 4.74 Å². The Morgan fingerprint density at radius 3 is 2.30 bits per heavy atom. The zero-order valence-electron chi connectivity index (χ0n) is 15.3. The van der Waals surface area contributed by atoms with Crippen molar-refractivity contribution in [3.8, 4) is 0 Å². The summed E-state index contributed by atoms with van der Waals surface area (Å²) in [4.78, 5) is 12.1. The van der Waals surface area contributed by atoms with E-state index in [4.69, 9.17) is 10.5 Å². The lowest BCUT2D eigenvalue weighted by molar-refractivity contribution is 0.0429. The van der Waals surface area contributed by atoms with Crippen molar-refractivity contribution >= 4 is 11.7 Å². The largest absolute Gasteiger partial charge is 0.462 e. The third-order valence-electron chi connectivity index (χ3n) is 4.62. The third kappa shape index (κ3) is 7.06. The molecule has 0 aliphatic rings. The minimum atomic E-state index is -0.324. The number of nitrogens with two attached hydrogens (primary N) is 1. The van der Waals surface area contributed by atoms with E-state index in [2.05, 4.69) is 34.6 Å². The number of anilines is 1. The van der Waals surface area contributed by atoms with Crippen LogP contribution in [0, 0.1) is 23.7 Å². The Morgan fingerprint density at radius 1 is 1.04 bits per heavy atom. The monoisotopic (exact) mass is 319 g/mol. The highest BCUT2D eigenvalue weighted by molar-refractivity contribution is 5.94. The van der Waals surface area contributed by atoms with Gasteiger partial charge in [-0.05, 0) is 42.2 Å². The highest BCUT2D eigenvalue weighted by atomic mass is 16.5. The fraction of sp³-hybridized carbons (Fsp3) is 0.650. The Hall–Kier alpha value is -1.51. The van der Waals surface area contributed by atoms with Crippen molar-refractivity contribution in [1.82, 2.24) is 0 Å². The SMILES string of the molecule is CC(C)CCC(C)C(C)CC(C)COC(=O)c1ccccc1N. The van der Waals surface area contributed by atoms with E-state index in [1.54, 1.807) is 18.2 Å². The number of para-hydroxylation sites is 1. The highest BCUT2D eigenvalue weighted by Gasteiger charge is 2.18. The van der Waals surface area contributed by atoms with E-state index in [-0.39, 0.29) is 5.97 Å². The van der Waals surface area contributed by atoms with Crippen LogP contribution in [0.15, 0.2) is 24.3 Å². The summed E-state index contributed by atoms with van der Waals surface area (Å²) in [5, 5.41) is 0. The van der Waals surface area contributed by atoms with E-state index in [9.17, 15) is 4.79 Å². The molecule has 0 fully saturated rings. The molecule has 3 nitrogen and oxygen atoms in total. The smallest absolute Gasteiger partial charge is 0.340 e. The molecule has 1 aromatic rings. The standard InChI is InChI=1S/C20H33NO2/c1-14(2)10-11-16(4)17(5)12-15(3)13-23-20(22)18-8-6-7-9-19(18)21/h6-9,14-17H,10-13,21H2,1-5H3. The Bertz CT molecular complexity index is 484. The number of hydrogen-bond donors (Lipinski definition) is 1. The number of nitrogen functional groups attached to an aromatic ring is 1. The number of ether oxygens (including phenoxy) is 1. The van der Waals surface area contributed by atoms with Gasteiger partial charge in [-0.15, -0.1) is 0 Å². The molecule has 0 aliphatic heterocycles. The molecule has 0 aliphatic carbocycles. The number of esters is 1. The molecule has 0 saturated heterocycles. The van der Waals surface area contributed by atoms with Gasteiger partial charge in [-0.25, -0.2) is 4.79 Å². The van der Waals surface area contributed by atoms with Gasteiger partial charge in [0.25, 0.3) is 0 Å². The molecule has 0 amide bonds. The first-order valence-corrected chi connectivity index (χ1v) is 8.82. The second-order valence-electron chi connectivity index (χ2n) is 7.45. The zero-order chi connectivity index (χ0) is 17.4. The molecule has 130 valence electrons. The Labute approximate surface area is 141 Å². The molecule has 0 aromatic heterocycles. The van der Waals surface area contributed by atoms with Gasteiger partial charge in [0.05, 0.1) is 12.2 Å². The van der Waals surface area contributed by atoms with Crippen molar-refractivity contribution in [2.45, 2.75) is 53.9 Å². The van der Waals surface area contributed by atoms with Gasteiger partial charge in [0.2, 0.25) is 0 Å². The molecule has 0 spiro atoms. The summed E-state index contributed by atoms with van der Waals surface area (Å²) in [6.45, 7) is 11.8. The molecule has 2 N–H and O–H groups in total. The molecule has 3 heteroatoms. The second kappa shape index (κ2) is 9.59. The third-order valence-corrected chi connectivity index (χ3v) is 4.62. The lowest BCUT2D eigenvalue weighted by atomic mass is 9.84. The quantitative estimate of drug-likeness (QED) is 0.505. The van der Waals surface area contributed by atoms with Gasteiger partial charge in [-0.2, -0.15) is 0 Å². The summed E-state index contributed by atoms with van der Waals surface area (Å²) in [5.41, 5.74) is 6.73.